The van der Waals surface area contributed by atoms with Crippen LogP contribution in [0.5, 0.6) is 0 Å². The van der Waals surface area contributed by atoms with Crippen LogP contribution in [0.4, 0.5) is 17.1 Å². The lowest BCUT2D eigenvalue weighted by Gasteiger charge is -2.40. The molecule has 1 aliphatic heterocycles. The Morgan fingerprint density at radius 2 is 0.697 bits per heavy atom. The highest BCUT2D eigenvalue weighted by molar-refractivity contribution is 6.26. The van der Waals surface area contributed by atoms with Gasteiger partial charge in [-0.15, -0.1) is 0 Å². The number of hydrogen-bond acceptors (Lipinski definition) is 1. The number of hydrogen-bond donors (Lipinski definition) is 0. The minimum Gasteiger partial charge on any atom is -0.310 e. The lowest BCUT2D eigenvalue weighted by atomic mass is 9.65. The second kappa shape index (κ2) is 15.4. The molecule has 1 aromatic heterocycles. The van der Waals surface area contributed by atoms with E-state index in [0.717, 1.165) is 17.1 Å². The van der Waals surface area contributed by atoms with Crippen LogP contribution in [-0.4, -0.2) is 4.57 Å². The van der Waals surface area contributed by atoms with Crippen LogP contribution >= 0.6 is 0 Å². The fraction of sp³-hybridized carbons (Fsp3) is 0.0270. The van der Waals surface area contributed by atoms with Gasteiger partial charge < -0.3 is 9.47 Å². The van der Waals surface area contributed by atoms with Crippen LogP contribution < -0.4 is 4.90 Å². The molecule has 14 aromatic rings. The van der Waals surface area contributed by atoms with E-state index < -0.39 is 10.8 Å². The molecule has 1 atom stereocenters. The summed E-state index contributed by atoms with van der Waals surface area (Å²) in [6.07, 6.45) is 0. The number of fused-ring (bicyclic) bond motifs is 21. The Morgan fingerprint density at radius 3 is 1.37 bits per heavy atom. The summed E-state index contributed by atoms with van der Waals surface area (Å²) < 4.78 is 2.53. The normalized spacial score (nSPS) is 15.3. The Hall–Kier alpha value is -9.76. The molecule has 2 aliphatic carbocycles. The molecule has 2 heterocycles. The average Bonchev–Trinajstić information content (AvgIpc) is 4.28. The third-order valence-corrected chi connectivity index (χ3v) is 17.6. The largest absolute Gasteiger partial charge is 0.310 e. The van der Waals surface area contributed by atoms with Crippen molar-refractivity contribution in [2.75, 3.05) is 4.90 Å². The Balaban J connectivity index is 0.941. The van der Waals surface area contributed by atoms with E-state index in [1.54, 1.807) is 0 Å². The molecule has 352 valence electrons. The van der Waals surface area contributed by atoms with Crippen molar-refractivity contribution in [1.82, 2.24) is 4.57 Å². The Labute approximate surface area is 440 Å². The van der Waals surface area contributed by atoms with Crippen molar-refractivity contribution < 1.29 is 0 Å². The van der Waals surface area contributed by atoms with Crippen molar-refractivity contribution >= 4 is 71.2 Å². The molecule has 0 N–H and O–H groups in total. The van der Waals surface area contributed by atoms with E-state index in [0.29, 0.717) is 0 Å². The van der Waals surface area contributed by atoms with Crippen LogP contribution in [0.15, 0.2) is 279 Å². The standard InChI is InChI=1S/C74H46N2/c1-2-19-47(20-3-1)73(64-30-12-8-25-57(64)58-26-9-13-31-65(58)73)48-37-39-49(40-38-48)75(50-41-43-56-54-23-5-4-21-52(54)53-22-6-7-24-55(53)63(56)45-50)51-42-44-60-59-27-10-14-32-66(59)74(69(60)46-51)67-33-15-17-36-71(67)76-70-35-16-11-28-61(70)62-29-18-34-68(74)72(62)76/h1-46H. The molecule has 3 aliphatic rings. The van der Waals surface area contributed by atoms with E-state index >= 15 is 0 Å². The molecule has 0 bridgehead atoms. The third-order valence-electron chi connectivity index (χ3n) is 17.6. The molecule has 0 saturated carbocycles. The van der Waals surface area contributed by atoms with Gasteiger partial charge in [-0.05, 0) is 148 Å². The Kier molecular flexibility index (Phi) is 8.44. The maximum Gasteiger partial charge on any atom is 0.0755 e. The number of nitrogens with zero attached hydrogens (tertiary/aromatic N) is 2. The predicted molar refractivity (Wildman–Crippen MR) is 316 cm³/mol. The lowest BCUT2D eigenvalue weighted by Crippen LogP contribution is -2.33. The zero-order valence-corrected chi connectivity index (χ0v) is 41.5. The first-order valence-electron chi connectivity index (χ1n) is 26.6. The SMILES string of the molecule is c1ccc(C2(c3ccc(N(c4ccc5c(c4)C4(c6ccccc6-5)c5ccccc5-n5c6ccccc6c6cccc4c65)c4ccc5c6ccccc6c6ccccc6c5c4)cc3)c3ccccc3-c3ccccc32)cc1. The van der Waals surface area contributed by atoms with Gasteiger partial charge in [-0.3, -0.25) is 0 Å². The van der Waals surface area contributed by atoms with Crippen molar-refractivity contribution in [2.24, 2.45) is 0 Å². The monoisotopic (exact) mass is 962 g/mol. The van der Waals surface area contributed by atoms with Crippen LogP contribution in [0.3, 0.4) is 0 Å². The van der Waals surface area contributed by atoms with Gasteiger partial charge in [0.2, 0.25) is 0 Å². The van der Waals surface area contributed by atoms with Crippen LogP contribution in [0.25, 0.3) is 82.1 Å². The van der Waals surface area contributed by atoms with Crippen molar-refractivity contribution in [3.8, 4) is 27.9 Å². The van der Waals surface area contributed by atoms with Crippen molar-refractivity contribution in [3.63, 3.8) is 0 Å². The first-order chi connectivity index (χ1) is 37.7. The van der Waals surface area contributed by atoms with Gasteiger partial charge in [0.25, 0.3) is 0 Å². The van der Waals surface area contributed by atoms with Gasteiger partial charge in [-0.25, -0.2) is 0 Å². The highest BCUT2D eigenvalue weighted by Crippen LogP contribution is 2.62. The van der Waals surface area contributed by atoms with E-state index in [9.17, 15) is 0 Å². The maximum absolute atomic E-state index is 2.54. The van der Waals surface area contributed by atoms with Crippen molar-refractivity contribution in [3.05, 3.63) is 324 Å². The van der Waals surface area contributed by atoms with Gasteiger partial charge in [-0.2, -0.15) is 0 Å². The number of rotatable bonds is 5. The summed E-state index contributed by atoms with van der Waals surface area (Å²) in [6.45, 7) is 0. The zero-order chi connectivity index (χ0) is 49.7. The van der Waals surface area contributed by atoms with E-state index in [-0.39, 0.29) is 0 Å². The van der Waals surface area contributed by atoms with Crippen LogP contribution in [0, 0.1) is 0 Å². The molecule has 0 saturated heterocycles. The first-order valence-corrected chi connectivity index (χ1v) is 26.6. The summed E-state index contributed by atoms with van der Waals surface area (Å²) in [5, 5.41) is 10.1. The number of aromatic nitrogens is 1. The lowest BCUT2D eigenvalue weighted by molar-refractivity contribution is 0.748. The van der Waals surface area contributed by atoms with Crippen LogP contribution in [0.1, 0.15) is 44.5 Å². The van der Waals surface area contributed by atoms with Crippen molar-refractivity contribution in [1.29, 1.82) is 0 Å². The molecular formula is C74H46N2. The summed E-state index contributed by atoms with van der Waals surface area (Å²) in [5.74, 6) is 0. The third kappa shape index (κ3) is 5.25. The summed E-state index contributed by atoms with van der Waals surface area (Å²) >= 11 is 0. The second-order valence-electron chi connectivity index (χ2n) is 21.0. The highest BCUT2D eigenvalue weighted by atomic mass is 15.1. The summed E-state index contributed by atoms with van der Waals surface area (Å²) in [4.78, 5) is 2.52. The molecule has 2 heteroatoms. The molecule has 1 spiro atoms. The minimum absolute atomic E-state index is 0.510. The molecule has 0 radical (unpaired) electrons. The smallest absolute Gasteiger partial charge is 0.0755 e. The second-order valence-corrected chi connectivity index (χ2v) is 21.0. The molecule has 0 fully saturated rings. The average molecular weight is 963 g/mol. The molecule has 13 aromatic carbocycles. The van der Waals surface area contributed by atoms with Crippen molar-refractivity contribution in [2.45, 2.75) is 10.8 Å². The van der Waals surface area contributed by atoms with Gasteiger partial charge in [0.05, 0.1) is 27.6 Å². The molecule has 76 heavy (non-hydrogen) atoms. The minimum atomic E-state index is -0.595. The molecule has 1 unspecified atom stereocenters. The fourth-order valence-electron chi connectivity index (χ4n) is 14.7. The molecule has 0 amide bonds. The predicted octanol–water partition coefficient (Wildman–Crippen LogP) is 18.8. The summed E-state index contributed by atoms with van der Waals surface area (Å²) in [6, 6.07) is 105. The van der Waals surface area contributed by atoms with E-state index in [2.05, 4.69) is 289 Å². The maximum atomic E-state index is 2.54. The number of anilines is 3. The first kappa shape index (κ1) is 41.7. The van der Waals surface area contributed by atoms with E-state index in [1.165, 1.54) is 127 Å². The van der Waals surface area contributed by atoms with E-state index in [1.807, 2.05) is 0 Å². The molecule has 17 rings (SSSR count). The summed E-state index contributed by atoms with van der Waals surface area (Å²) in [5.41, 5.74) is 21.4. The fourth-order valence-corrected chi connectivity index (χ4v) is 14.7. The quantitative estimate of drug-likeness (QED) is 0.156. The van der Waals surface area contributed by atoms with Gasteiger partial charge in [-0.1, -0.05) is 231 Å². The number of para-hydroxylation sites is 3. The zero-order valence-electron chi connectivity index (χ0n) is 41.5. The number of benzene rings is 13. The van der Waals surface area contributed by atoms with E-state index in [4.69, 9.17) is 0 Å². The molecule has 2 nitrogen and oxygen atoms in total. The van der Waals surface area contributed by atoms with Gasteiger partial charge in [0.1, 0.15) is 0 Å². The Bertz CT molecular complexity index is 4690. The highest BCUT2D eigenvalue weighted by Gasteiger charge is 2.51. The van der Waals surface area contributed by atoms with Gasteiger partial charge >= 0.3 is 0 Å². The van der Waals surface area contributed by atoms with Crippen LogP contribution in [-0.2, 0) is 10.8 Å². The van der Waals surface area contributed by atoms with Crippen LogP contribution in [0.2, 0.25) is 0 Å². The summed E-state index contributed by atoms with van der Waals surface area (Å²) in [7, 11) is 0. The topological polar surface area (TPSA) is 8.17 Å². The van der Waals surface area contributed by atoms with Gasteiger partial charge in [0.15, 0.2) is 0 Å². The molecular weight excluding hydrogens is 917 g/mol. The Morgan fingerprint density at radius 1 is 0.250 bits per heavy atom. The van der Waals surface area contributed by atoms with Gasteiger partial charge in [0, 0.05) is 27.8 Å².